The highest BCUT2D eigenvalue weighted by Crippen LogP contribution is 2.30. The summed E-state index contributed by atoms with van der Waals surface area (Å²) in [5, 5.41) is 3.83. The lowest BCUT2D eigenvalue weighted by Crippen LogP contribution is -2.57. The van der Waals surface area contributed by atoms with Gasteiger partial charge in [-0.1, -0.05) is 13.8 Å². The minimum atomic E-state index is 0.691. The summed E-state index contributed by atoms with van der Waals surface area (Å²) in [5.41, 5.74) is 0. The molecular weight excluding hydrogens is 258 g/mol. The molecule has 5 atom stereocenters. The van der Waals surface area contributed by atoms with Crippen LogP contribution in [0.1, 0.15) is 53.4 Å². The summed E-state index contributed by atoms with van der Waals surface area (Å²) in [6, 6.07) is 2.14. The van der Waals surface area contributed by atoms with Gasteiger partial charge in [0.05, 0.1) is 0 Å². The summed E-state index contributed by atoms with van der Waals surface area (Å²) in [6.45, 7) is 14.4. The van der Waals surface area contributed by atoms with Crippen molar-refractivity contribution in [1.82, 2.24) is 15.1 Å². The zero-order valence-electron chi connectivity index (χ0n) is 14.9. The van der Waals surface area contributed by atoms with Gasteiger partial charge in [-0.25, -0.2) is 0 Å². The van der Waals surface area contributed by atoms with Crippen LogP contribution >= 0.6 is 0 Å². The molecule has 1 aliphatic carbocycles. The average Bonchev–Trinajstić information content (AvgIpc) is 2.44. The van der Waals surface area contributed by atoms with Crippen LogP contribution < -0.4 is 5.32 Å². The van der Waals surface area contributed by atoms with Crippen molar-refractivity contribution in [3.63, 3.8) is 0 Å². The van der Waals surface area contributed by atoms with Gasteiger partial charge in [-0.3, -0.25) is 9.80 Å². The van der Waals surface area contributed by atoms with E-state index in [0.717, 1.165) is 17.9 Å². The molecule has 3 nitrogen and oxygen atoms in total. The molecule has 1 saturated heterocycles. The lowest BCUT2D eigenvalue weighted by Gasteiger charge is -2.45. The molecule has 1 aliphatic heterocycles. The summed E-state index contributed by atoms with van der Waals surface area (Å²) in [7, 11) is 2.28. The molecule has 0 aromatic rings. The van der Waals surface area contributed by atoms with Gasteiger partial charge in [0.1, 0.15) is 0 Å². The SMILES string of the molecule is CCCNC1CCC(C)CC1CN1CC(C)N(C)C(C)C1. The Labute approximate surface area is 132 Å². The van der Waals surface area contributed by atoms with Crippen LogP contribution in [0, 0.1) is 11.8 Å². The van der Waals surface area contributed by atoms with E-state index < -0.39 is 0 Å². The maximum Gasteiger partial charge on any atom is 0.0195 e. The van der Waals surface area contributed by atoms with Gasteiger partial charge in [0.2, 0.25) is 0 Å². The lowest BCUT2D eigenvalue weighted by molar-refractivity contribution is 0.0382. The van der Waals surface area contributed by atoms with E-state index in [2.05, 4.69) is 49.9 Å². The molecule has 1 saturated carbocycles. The number of piperazine rings is 1. The van der Waals surface area contributed by atoms with Gasteiger partial charge < -0.3 is 5.32 Å². The molecule has 2 fully saturated rings. The fourth-order valence-electron chi connectivity index (χ4n) is 4.29. The lowest BCUT2D eigenvalue weighted by atomic mass is 9.78. The second kappa shape index (κ2) is 7.94. The van der Waals surface area contributed by atoms with Crippen LogP contribution in [0.4, 0.5) is 0 Å². The first kappa shape index (κ1) is 17.2. The first-order valence-corrected chi connectivity index (χ1v) is 9.18. The maximum absolute atomic E-state index is 3.83. The molecule has 21 heavy (non-hydrogen) atoms. The Kier molecular flexibility index (Phi) is 6.51. The first-order valence-electron chi connectivity index (χ1n) is 9.18. The highest BCUT2D eigenvalue weighted by atomic mass is 15.3. The van der Waals surface area contributed by atoms with Crippen LogP contribution in [0.25, 0.3) is 0 Å². The third-order valence-electron chi connectivity index (χ3n) is 5.83. The van der Waals surface area contributed by atoms with Crippen LogP contribution in [0.2, 0.25) is 0 Å². The van der Waals surface area contributed by atoms with Crippen molar-refractivity contribution in [1.29, 1.82) is 0 Å². The summed E-state index contributed by atoms with van der Waals surface area (Å²) < 4.78 is 0. The Morgan fingerprint density at radius 2 is 1.71 bits per heavy atom. The van der Waals surface area contributed by atoms with Crippen LogP contribution in [-0.2, 0) is 0 Å². The van der Waals surface area contributed by atoms with Gasteiger partial charge in [-0.05, 0) is 65.0 Å². The van der Waals surface area contributed by atoms with E-state index in [0.29, 0.717) is 12.1 Å². The van der Waals surface area contributed by atoms with E-state index in [9.17, 15) is 0 Å². The molecule has 0 aromatic heterocycles. The molecular formula is C18H37N3. The quantitative estimate of drug-likeness (QED) is 0.841. The van der Waals surface area contributed by atoms with Crippen molar-refractivity contribution < 1.29 is 0 Å². The second-order valence-electron chi connectivity index (χ2n) is 7.82. The Morgan fingerprint density at radius 1 is 1.05 bits per heavy atom. The summed E-state index contributed by atoms with van der Waals surface area (Å²) in [5.74, 6) is 1.76. The molecule has 3 heteroatoms. The minimum absolute atomic E-state index is 0.691. The molecule has 2 aliphatic rings. The van der Waals surface area contributed by atoms with Crippen LogP contribution in [0.5, 0.6) is 0 Å². The molecule has 124 valence electrons. The summed E-state index contributed by atoms with van der Waals surface area (Å²) in [4.78, 5) is 5.27. The minimum Gasteiger partial charge on any atom is -0.314 e. The normalized spacial score (nSPS) is 39.6. The van der Waals surface area contributed by atoms with E-state index in [1.165, 1.54) is 51.9 Å². The third kappa shape index (κ3) is 4.67. The number of rotatable bonds is 5. The monoisotopic (exact) mass is 295 g/mol. The largest absolute Gasteiger partial charge is 0.314 e. The van der Waals surface area contributed by atoms with Crippen LogP contribution in [0.3, 0.4) is 0 Å². The molecule has 0 amide bonds. The fourth-order valence-corrected chi connectivity index (χ4v) is 4.29. The van der Waals surface area contributed by atoms with Crippen molar-refractivity contribution in [2.24, 2.45) is 11.8 Å². The van der Waals surface area contributed by atoms with E-state index in [4.69, 9.17) is 0 Å². The highest BCUT2D eigenvalue weighted by molar-refractivity contribution is 4.89. The number of likely N-dealkylation sites (N-methyl/N-ethyl adjacent to an activating group) is 1. The van der Waals surface area contributed by atoms with E-state index in [1.807, 2.05) is 0 Å². The predicted molar refractivity (Wildman–Crippen MR) is 91.7 cm³/mol. The van der Waals surface area contributed by atoms with Crippen molar-refractivity contribution >= 4 is 0 Å². The average molecular weight is 296 g/mol. The van der Waals surface area contributed by atoms with Gasteiger partial charge in [0, 0.05) is 37.8 Å². The molecule has 2 rings (SSSR count). The van der Waals surface area contributed by atoms with E-state index in [-0.39, 0.29) is 0 Å². The molecule has 0 spiro atoms. The van der Waals surface area contributed by atoms with E-state index >= 15 is 0 Å². The molecule has 1 heterocycles. The van der Waals surface area contributed by atoms with Crippen LogP contribution in [0.15, 0.2) is 0 Å². The van der Waals surface area contributed by atoms with Crippen molar-refractivity contribution in [3.8, 4) is 0 Å². The second-order valence-corrected chi connectivity index (χ2v) is 7.82. The van der Waals surface area contributed by atoms with Gasteiger partial charge in [0.25, 0.3) is 0 Å². The topological polar surface area (TPSA) is 18.5 Å². The van der Waals surface area contributed by atoms with Crippen LogP contribution in [-0.4, -0.2) is 61.2 Å². The van der Waals surface area contributed by atoms with E-state index in [1.54, 1.807) is 0 Å². The number of nitrogens with zero attached hydrogens (tertiary/aromatic N) is 2. The van der Waals surface area contributed by atoms with Crippen molar-refractivity contribution in [2.75, 3.05) is 33.2 Å². The predicted octanol–water partition coefficient (Wildman–Crippen LogP) is 2.82. The molecule has 1 N–H and O–H groups in total. The number of nitrogens with one attached hydrogen (secondary N) is 1. The molecule has 5 unspecified atom stereocenters. The Morgan fingerprint density at radius 3 is 2.33 bits per heavy atom. The van der Waals surface area contributed by atoms with Gasteiger partial charge in [0.15, 0.2) is 0 Å². The maximum atomic E-state index is 3.83. The standard InChI is InChI=1S/C18H37N3/c1-6-9-19-18-8-7-14(2)10-17(18)13-21-11-15(3)20(5)16(4)12-21/h14-19H,6-13H2,1-5H3. The fraction of sp³-hybridized carbons (Fsp3) is 1.00. The Balaban J connectivity index is 1.91. The smallest absolute Gasteiger partial charge is 0.0195 e. The first-order chi connectivity index (χ1) is 10.0. The highest BCUT2D eigenvalue weighted by Gasteiger charge is 2.33. The van der Waals surface area contributed by atoms with Gasteiger partial charge in [-0.2, -0.15) is 0 Å². The van der Waals surface area contributed by atoms with Crippen molar-refractivity contribution in [3.05, 3.63) is 0 Å². The van der Waals surface area contributed by atoms with Gasteiger partial charge >= 0.3 is 0 Å². The molecule has 0 bridgehead atoms. The Bertz CT molecular complexity index is 293. The molecule has 0 radical (unpaired) electrons. The van der Waals surface area contributed by atoms with Crippen molar-refractivity contribution in [2.45, 2.75) is 71.5 Å². The zero-order valence-corrected chi connectivity index (χ0v) is 14.9. The summed E-state index contributed by atoms with van der Waals surface area (Å²) >= 11 is 0. The summed E-state index contributed by atoms with van der Waals surface area (Å²) in [6.07, 6.45) is 5.45. The Hall–Kier alpha value is -0.120. The number of hydrogen-bond donors (Lipinski definition) is 1. The third-order valence-corrected chi connectivity index (χ3v) is 5.83. The zero-order chi connectivity index (χ0) is 15.4. The number of hydrogen-bond acceptors (Lipinski definition) is 3. The van der Waals surface area contributed by atoms with Gasteiger partial charge in [-0.15, -0.1) is 0 Å². The molecule has 0 aromatic carbocycles.